The maximum absolute atomic E-state index is 12.8. The third kappa shape index (κ3) is 4.21. The first-order chi connectivity index (χ1) is 14.1. The lowest BCUT2D eigenvalue weighted by molar-refractivity contribution is -0.119. The average molecular weight is 397 g/mol. The zero-order chi connectivity index (χ0) is 20.2. The molecule has 152 valence electrons. The first-order valence-corrected chi connectivity index (χ1v) is 9.56. The summed E-state index contributed by atoms with van der Waals surface area (Å²) in [7, 11) is 1.57. The summed E-state index contributed by atoms with van der Waals surface area (Å²) < 4.78 is 16.2. The molecule has 4 rings (SSSR count). The van der Waals surface area contributed by atoms with E-state index < -0.39 is 6.04 Å². The number of carbonyl (C=O) groups excluding carboxylic acids is 2. The zero-order valence-electron chi connectivity index (χ0n) is 16.1. The van der Waals surface area contributed by atoms with Crippen molar-refractivity contribution >= 4 is 23.3 Å². The van der Waals surface area contributed by atoms with Crippen molar-refractivity contribution in [2.75, 3.05) is 37.5 Å². The fourth-order valence-electron chi connectivity index (χ4n) is 3.53. The van der Waals surface area contributed by atoms with Crippen molar-refractivity contribution in [1.82, 2.24) is 4.90 Å². The lowest BCUT2D eigenvalue weighted by atomic mass is 10.2. The van der Waals surface area contributed by atoms with Crippen LogP contribution < -0.4 is 24.8 Å². The van der Waals surface area contributed by atoms with Crippen LogP contribution in [0.3, 0.4) is 0 Å². The van der Waals surface area contributed by atoms with Crippen LogP contribution in [0.4, 0.5) is 16.2 Å². The number of urea groups is 1. The van der Waals surface area contributed by atoms with E-state index in [2.05, 4.69) is 10.6 Å². The first-order valence-electron chi connectivity index (χ1n) is 9.56. The largest absolute Gasteiger partial charge is 0.497 e. The lowest BCUT2D eigenvalue weighted by Gasteiger charge is -2.25. The SMILES string of the molecule is COc1cccc(NC(=O)N2CCC[C@H]2C(=O)Nc2ccc3c(c2)OCCO3)c1. The minimum atomic E-state index is -0.534. The van der Waals surface area contributed by atoms with Crippen molar-refractivity contribution in [2.24, 2.45) is 0 Å². The van der Waals surface area contributed by atoms with Gasteiger partial charge in [0, 0.05) is 30.1 Å². The van der Waals surface area contributed by atoms with Gasteiger partial charge in [-0.25, -0.2) is 4.79 Å². The van der Waals surface area contributed by atoms with Gasteiger partial charge in [-0.1, -0.05) is 6.07 Å². The lowest BCUT2D eigenvalue weighted by Crippen LogP contribution is -2.45. The Morgan fingerprint density at radius 1 is 1.03 bits per heavy atom. The molecule has 2 aromatic carbocycles. The molecule has 8 nitrogen and oxygen atoms in total. The van der Waals surface area contributed by atoms with E-state index in [1.165, 1.54) is 0 Å². The van der Waals surface area contributed by atoms with Crippen LogP contribution in [0.15, 0.2) is 42.5 Å². The Balaban J connectivity index is 1.42. The number of nitrogens with one attached hydrogen (secondary N) is 2. The second kappa shape index (κ2) is 8.30. The van der Waals surface area contributed by atoms with Gasteiger partial charge in [-0.2, -0.15) is 0 Å². The quantitative estimate of drug-likeness (QED) is 0.828. The highest BCUT2D eigenvalue weighted by Crippen LogP contribution is 2.33. The fraction of sp³-hybridized carbons (Fsp3) is 0.333. The van der Waals surface area contributed by atoms with Crippen LogP contribution in [-0.4, -0.2) is 49.7 Å². The fourth-order valence-corrected chi connectivity index (χ4v) is 3.53. The van der Waals surface area contributed by atoms with Crippen molar-refractivity contribution in [3.63, 3.8) is 0 Å². The van der Waals surface area contributed by atoms with Gasteiger partial charge in [-0.05, 0) is 37.1 Å². The predicted octanol–water partition coefficient (Wildman–Crippen LogP) is 3.10. The summed E-state index contributed by atoms with van der Waals surface area (Å²) in [6, 6.07) is 11.5. The van der Waals surface area contributed by atoms with E-state index in [1.54, 1.807) is 54.5 Å². The summed E-state index contributed by atoms with van der Waals surface area (Å²) in [4.78, 5) is 27.1. The molecular weight excluding hydrogens is 374 g/mol. The minimum absolute atomic E-state index is 0.222. The Hall–Kier alpha value is -3.42. The molecule has 0 aliphatic carbocycles. The summed E-state index contributed by atoms with van der Waals surface area (Å²) >= 11 is 0. The van der Waals surface area contributed by atoms with Crippen LogP contribution >= 0.6 is 0 Å². The van der Waals surface area contributed by atoms with Crippen molar-refractivity contribution in [1.29, 1.82) is 0 Å². The molecule has 0 spiro atoms. The maximum Gasteiger partial charge on any atom is 0.322 e. The molecule has 0 radical (unpaired) electrons. The number of benzene rings is 2. The highest BCUT2D eigenvalue weighted by atomic mass is 16.6. The number of ether oxygens (including phenoxy) is 3. The first kappa shape index (κ1) is 18.9. The molecule has 2 aliphatic heterocycles. The van der Waals surface area contributed by atoms with Gasteiger partial charge in [0.2, 0.25) is 5.91 Å². The number of fused-ring (bicyclic) bond motifs is 1. The molecule has 1 fully saturated rings. The molecule has 2 N–H and O–H groups in total. The molecule has 2 heterocycles. The summed E-state index contributed by atoms with van der Waals surface area (Å²) in [6.07, 6.45) is 1.38. The van der Waals surface area contributed by atoms with Gasteiger partial charge in [0.15, 0.2) is 11.5 Å². The monoisotopic (exact) mass is 397 g/mol. The Morgan fingerprint density at radius 2 is 1.83 bits per heavy atom. The smallest absolute Gasteiger partial charge is 0.322 e. The van der Waals surface area contributed by atoms with Gasteiger partial charge in [-0.15, -0.1) is 0 Å². The summed E-state index contributed by atoms with van der Waals surface area (Å²) in [5.41, 5.74) is 1.23. The second-order valence-corrected chi connectivity index (χ2v) is 6.86. The van der Waals surface area contributed by atoms with Crippen LogP contribution in [0.25, 0.3) is 0 Å². The molecule has 0 bridgehead atoms. The number of anilines is 2. The average Bonchev–Trinajstić information content (AvgIpc) is 3.24. The molecule has 0 aromatic heterocycles. The Kier molecular flexibility index (Phi) is 5.41. The number of rotatable bonds is 4. The van der Waals surface area contributed by atoms with Crippen LogP contribution in [0.2, 0.25) is 0 Å². The third-order valence-electron chi connectivity index (χ3n) is 4.95. The van der Waals surface area contributed by atoms with Gasteiger partial charge in [0.1, 0.15) is 25.0 Å². The van der Waals surface area contributed by atoms with Gasteiger partial charge in [-0.3, -0.25) is 4.79 Å². The van der Waals surface area contributed by atoms with Gasteiger partial charge in [0.25, 0.3) is 0 Å². The Labute approximate surface area is 168 Å². The topological polar surface area (TPSA) is 89.1 Å². The van der Waals surface area contributed by atoms with E-state index in [9.17, 15) is 9.59 Å². The Morgan fingerprint density at radius 3 is 2.66 bits per heavy atom. The van der Waals surface area contributed by atoms with Crippen molar-refractivity contribution in [3.8, 4) is 17.2 Å². The van der Waals surface area contributed by atoms with Gasteiger partial charge < -0.3 is 29.7 Å². The number of methoxy groups -OCH3 is 1. The number of hydrogen-bond donors (Lipinski definition) is 2. The third-order valence-corrected chi connectivity index (χ3v) is 4.95. The zero-order valence-corrected chi connectivity index (χ0v) is 16.1. The predicted molar refractivity (Wildman–Crippen MR) is 108 cm³/mol. The van der Waals surface area contributed by atoms with Gasteiger partial charge >= 0.3 is 6.03 Å². The van der Waals surface area contributed by atoms with Crippen molar-refractivity contribution in [2.45, 2.75) is 18.9 Å². The molecule has 2 aliphatic rings. The number of carbonyl (C=O) groups is 2. The van der Waals surface area contributed by atoms with Crippen LogP contribution in [-0.2, 0) is 4.79 Å². The number of nitrogens with zero attached hydrogens (tertiary/aromatic N) is 1. The number of hydrogen-bond acceptors (Lipinski definition) is 5. The van der Waals surface area contributed by atoms with Crippen LogP contribution in [0, 0.1) is 0 Å². The highest BCUT2D eigenvalue weighted by Gasteiger charge is 2.34. The second-order valence-electron chi connectivity index (χ2n) is 6.86. The van der Waals surface area contributed by atoms with Crippen LogP contribution in [0.1, 0.15) is 12.8 Å². The molecule has 3 amide bonds. The molecule has 2 aromatic rings. The standard InChI is InChI=1S/C21H23N3O5/c1-27-16-5-2-4-14(12-16)23-21(26)24-9-3-6-17(24)20(25)22-15-7-8-18-19(13-15)29-11-10-28-18/h2,4-5,7-8,12-13,17H,3,6,9-11H2,1H3,(H,22,25)(H,23,26)/t17-/m0/s1. The van der Waals surface area contributed by atoms with E-state index in [0.29, 0.717) is 54.8 Å². The van der Waals surface area contributed by atoms with Crippen molar-refractivity contribution in [3.05, 3.63) is 42.5 Å². The maximum atomic E-state index is 12.8. The minimum Gasteiger partial charge on any atom is -0.497 e. The molecule has 8 heteroatoms. The molecule has 0 saturated carbocycles. The highest BCUT2D eigenvalue weighted by molar-refractivity contribution is 5.99. The normalized spacial score (nSPS) is 17.6. The van der Waals surface area contributed by atoms with Gasteiger partial charge in [0.05, 0.1) is 7.11 Å². The Bertz CT molecular complexity index is 917. The molecule has 0 unspecified atom stereocenters. The summed E-state index contributed by atoms with van der Waals surface area (Å²) in [5.74, 6) is 1.69. The van der Waals surface area contributed by atoms with Crippen molar-refractivity contribution < 1.29 is 23.8 Å². The summed E-state index contributed by atoms with van der Waals surface area (Å²) in [5, 5.41) is 5.72. The number of amides is 3. The van der Waals surface area contributed by atoms with E-state index in [-0.39, 0.29) is 11.9 Å². The van der Waals surface area contributed by atoms with Crippen LogP contribution in [0.5, 0.6) is 17.2 Å². The van der Waals surface area contributed by atoms with E-state index in [1.807, 2.05) is 0 Å². The van der Waals surface area contributed by atoms with E-state index in [4.69, 9.17) is 14.2 Å². The molecule has 29 heavy (non-hydrogen) atoms. The van der Waals surface area contributed by atoms with E-state index in [0.717, 1.165) is 6.42 Å². The molecule has 1 atom stereocenters. The van der Waals surface area contributed by atoms with E-state index >= 15 is 0 Å². The molecule has 1 saturated heterocycles. The molecular formula is C21H23N3O5. The number of likely N-dealkylation sites (tertiary alicyclic amines) is 1. The summed E-state index contributed by atoms with van der Waals surface area (Å²) in [6.45, 7) is 1.51.